The Morgan fingerprint density at radius 3 is 2.22 bits per heavy atom. The summed E-state index contributed by atoms with van der Waals surface area (Å²) in [4.78, 5) is 37.7. The average molecular weight is 526 g/mol. The van der Waals surface area contributed by atoms with Crippen molar-refractivity contribution in [2.75, 3.05) is 24.5 Å². The Balaban J connectivity index is 0.00000102. The van der Waals surface area contributed by atoms with Crippen LogP contribution in [-0.2, 0) is 20.9 Å². The number of anilines is 1. The molecule has 0 bridgehead atoms. The maximum absolute atomic E-state index is 13.8. The van der Waals surface area contributed by atoms with Gasteiger partial charge in [0.2, 0.25) is 11.8 Å². The molecule has 3 unspecified atom stereocenters. The Hall–Kier alpha value is -2.60. The average Bonchev–Trinajstić information content (AvgIpc) is 2.79. The van der Waals surface area contributed by atoms with Gasteiger partial charge in [0, 0.05) is 37.1 Å². The third-order valence-electron chi connectivity index (χ3n) is 6.70. The molecule has 1 heterocycles. The number of hydrogen-bond donors (Lipinski definition) is 5. The van der Waals surface area contributed by atoms with E-state index in [9.17, 15) is 29.0 Å². The smallest absolute Gasteiger partial charge is 0.306 e. The van der Waals surface area contributed by atoms with E-state index in [0.29, 0.717) is 17.8 Å². The minimum atomic E-state index is -1.01. The summed E-state index contributed by atoms with van der Waals surface area (Å²) >= 11 is 0. The maximum atomic E-state index is 13.8. The number of hydrogen-bond acceptors (Lipinski definition) is 7. The van der Waals surface area contributed by atoms with E-state index in [-0.39, 0.29) is 49.7 Å². The molecule has 2 amide bonds. The third-order valence-corrected chi connectivity index (χ3v) is 6.70. The number of aliphatic hydroxyl groups is 1. The van der Waals surface area contributed by atoms with Gasteiger partial charge >= 0.3 is 5.97 Å². The van der Waals surface area contributed by atoms with E-state index in [1.807, 2.05) is 18.7 Å². The molecule has 0 aromatic heterocycles. The van der Waals surface area contributed by atoms with Crippen molar-refractivity contribution < 1.29 is 29.0 Å². The number of benzene rings is 1. The highest BCUT2D eigenvalue weighted by molar-refractivity contribution is 5.96. The molecule has 0 saturated carbocycles. The van der Waals surface area contributed by atoms with E-state index in [4.69, 9.17) is 17.2 Å². The predicted octanol–water partition coefficient (Wildman–Crippen LogP) is 1.27. The molecule has 0 aliphatic carbocycles. The van der Waals surface area contributed by atoms with Crippen LogP contribution in [0.15, 0.2) is 18.2 Å². The topological polar surface area (TPSA) is 176 Å². The molecule has 3 atom stereocenters. The van der Waals surface area contributed by atoms with Crippen molar-refractivity contribution in [3.8, 4) is 0 Å². The molecular formula is C26H44FN5O5. The summed E-state index contributed by atoms with van der Waals surface area (Å²) in [6, 6.07) is 3.50. The number of carboxylic acid groups (broad SMARTS) is 1. The fraction of sp³-hybridized carbons (Fsp3) is 0.654. The van der Waals surface area contributed by atoms with Gasteiger partial charge in [-0.1, -0.05) is 33.8 Å². The van der Waals surface area contributed by atoms with Gasteiger partial charge in [0.05, 0.1) is 24.3 Å². The standard InChI is InChI=1S/C22H35FN4O4.C4H9NO/c1-13(2)16(21(30)31)8-19(28)17(25)10-26-11-20(29)27(12-22(26,3)4)18-7-15(23)6-5-14(18)9-24;1-3(2)4(5)6/h5-7,13,16-17,19,28H,8-12,24-25H2,1-4H3,(H,30,31);3H,1-2H3,(H2,5,6). The minimum absolute atomic E-state index is 0.00926. The maximum Gasteiger partial charge on any atom is 0.306 e. The first-order chi connectivity index (χ1) is 17.0. The van der Waals surface area contributed by atoms with Gasteiger partial charge in [0.1, 0.15) is 5.82 Å². The van der Waals surface area contributed by atoms with E-state index in [1.54, 1.807) is 38.7 Å². The van der Waals surface area contributed by atoms with Crippen LogP contribution in [0.4, 0.5) is 10.1 Å². The van der Waals surface area contributed by atoms with Crippen molar-refractivity contribution in [1.29, 1.82) is 0 Å². The molecule has 11 heteroatoms. The number of carbonyl (C=O) groups excluding carboxylic acids is 2. The van der Waals surface area contributed by atoms with Crippen molar-refractivity contribution in [1.82, 2.24) is 4.90 Å². The number of amides is 2. The lowest BCUT2D eigenvalue weighted by molar-refractivity contribution is -0.144. The van der Waals surface area contributed by atoms with E-state index in [0.717, 1.165) is 0 Å². The van der Waals surface area contributed by atoms with Crippen molar-refractivity contribution in [3.63, 3.8) is 0 Å². The number of carbonyl (C=O) groups is 3. The Bertz CT molecular complexity index is 940. The summed E-state index contributed by atoms with van der Waals surface area (Å²) in [6.07, 6.45) is -0.967. The number of nitrogens with zero attached hydrogens (tertiary/aromatic N) is 2. The van der Waals surface area contributed by atoms with Crippen LogP contribution in [-0.4, -0.2) is 70.2 Å². The lowest BCUT2D eigenvalue weighted by Gasteiger charge is -2.48. The molecule has 1 aromatic rings. The number of primary amides is 1. The molecule has 1 fully saturated rings. The molecular weight excluding hydrogens is 481 g/mol. The van der Waals surface area contributed by atoms with Crippen LogP contribution < -0.4 is 22.1 Å². The molecule has 1 aliphatic heterocycles. The number of nitrogens with two attached hydrogens (primary N) is 3. The monoisotopic (exact) mass is 525 g/mol. The normalized spacial score (nSPS) is 18.3. The minimum Gasteiger partial charge on any atom is -0.481 e. The first kappa shape index (κ1) is 32.4. The Morgan fingerprint density at radius 2 is 1.76 bits per heavy atom. The molecule has 1 aromatic carbocycles. The van der Waals surface area contributed by atoms with Crippen molar-refractivity contribution >= 4 is 23.5 Å². The molecule has 210 valence electrons. The first-order valence-electron chi connectivity index (χ1n) is 12.5. The van der Waals surface area contributed by atoms with Crippen molar-refractivity contribution in [2.45, 2.75) is 72.2 Å². The number of carboxylic acids is 1. The summed E-state index contributed by atoms with van der Waals surface area (Å²) in [6.45, 7) is 11.8. The van der Waals surface area contributed by atoms with Crippen molar-refractivity contribution in [3.05, 3.63) is 29.6 Å². The van der Waals surface area contributed by atoms with Gasteiger partial charge in [-0.3, -0.25) is 19.3 Å². The highest BCUT2D eigenvalue weighted by Gasteiger charge is 2.40. The highest BCUT2D eigenvalue weighted by Crippen LogP contribution is 2.30. The largest absolute Gasteiger partial charge is 0.481 e. The summed E-state index contributed by atoms with van der Waals surface area (Å²) in [5.41, 5.74) is 17.4. The van der Waals surface area contributed by atoms with Gasteiger partial charge in [-0.25, -0.2) is 4.39 Å². The lowest BCUT2D eigenvalue weighted by atomic mass is 9.87. The van der Waals surface area contributed by atoms with Gasteiger partial charge < -0.3 is 32.3 Å². The third kappa shape index (κ3) is 9.33. The number of aliphatic hydroxyl groups excluding tert-OH is 1. The second-order valence-corrected chi connectivity index (χ2v) is 10.9. The molecule has 1 saturated heterocycles. The quantitative estimate of drug-likeness (QED) is 0.303. The predicted molar refractivity (Wildman–Crippen MR) is 141 cm³/mol. The van der Waals surface area contributed by atoms with Crippen LogP contribution >= 0.6 is 0 Å². The van der Waals surface area contributed by atoms with Crippen LogP contribution in [0.2, 0.25) is 0 Å². The number of halogens is 1. The van der Waals surface area contributed by atoms with E-state index in [2.05, 4.69) is 0 Å². The van der Waals surface area contributed by atoms with Gasteiger partial charge in [0.25, 0.3) is 0 Å². The van der Waals surface area contributed by atoms with Crippen LogP contribution in [0.25, 0.3) is 0 Å². The van der Waals surface area contributed by atoms with Gasteiger partial charge in [-0.05, 0) is 43.9 Å². The molecule has 0 spiro atoms. The fourth-order valence-corrected chi connectivity index (χ4v) is 4.00. The van der Waals surface area contributed by atoms with Crippen LogP contribution in [0.1, 0.15) is 53.5 Å². The zero-order valence-electron chi connectivity index (χ0n) is 22.8. The molecule has 37 heavy (non-hydrogen) atoms. The van der Waals surface area contributed by atoms with Crippen LogP contribution in [0.3, 0.4) is 0 Å². The number of aliphatic carboxylic acids is 1. The number of piperazine rings is 1. The molecule has 10 nitrogen and oxygen atoms in total. The second-order valence-electron chi connectivity index (χ2n) is 10.9. The van der Waals surface area contributed by atoms with E-state index < -0.39 is 35.4 Å². The Labute approximate surface area is 219 Å². The zero-order valence-corrected chi connectivity index (χ0v) is 22.8. The van der Waals surface area contributed by atoms with Gasteiger partial charge in [-0.2, -0.15) is 0 Å². The summed E-state index contributed by atoms with van der Waals surface area (Å²) in [5.74, 6) is -2.70. The molecule has 0 radical (unpaired) electrons. The van der Waals surface area contributed by atoms with Crippen molar-refractivity contribution in [2.24, 2.45) is 35.0 Å². The second kappa shape index (κ2) is 13.8. The van der Waals surface area contributed by atoms with E-state index in [1.165, 1.54) is 12.1 Å². The van der Waals surface area contributed by atoms with Gasteiger partial charge in [0.15, 0.2) is 0 Å². The Morgan fingerprint density at radius 1 is 1.19 bits per heavy atom. The van der Waals surface area contributed by atoms with Crippen LogP contribution in [0.5, 0.6) is 0 Å². The lowest BCUT2D eigenvalue weighted by Crippen LogP contribution is -2.64. The summed E-state index contributed by atoms with van der Waals surface area (Å²) in [5, 5.41) is 19.9. The SMILES string of the molecule is CC(C)C(CC(O)C(N)CN1CC(=O)N(c2cc(F)ccc2CN)CC1(C)C)C(=O)O.CC(C)C(N)=O. The summed E-state index contributed by atoms with van der Waals surface area (Å²) in [7, 11) is 0. The van der Waals surface area contributed by atoms with E-state index >= 15 is 0 Å². The Kier molecular flexibility index (Phi) is 12.1. The highest BCUT2D eigenvalue weighted by atomic mass is 19.1. The zero-order chi connectivity index (χ0) is 28.7. The molecule has 1 aliphatic rings. The van der Waals surface area contributed by atoms with Crippen LogP contribution in [0, 0.1) is 23.6 Å². The summed E-state index contributed by atoms with van der Waals surface area (Å²) < 4.78 is 13.8. The molecule has 8 N–H and O–H groups in total. The molecule has 2 rings (SSSR count). The first-order valence-corrected chi connectivity index (χ1v) is 12.5. The van der Waals surface area contributed by atoms with Gasteiger partial charge in [-0.15, -0.1) is 0 Å². The fourth-order valence-electron chi connectivity index (χ4n) is 4.00. The number of rotatable bonds is 10.